The maximum atomic E-state index is 12.1. The molecule has 2 amide bonds. The van der Waals surface area contributed by atoms with Gasteiger partial charge in [0.15, 0.2) is 6.61 Å². The van der Waals surface area contributed by atoms with Crippen molar-refractivity contribution < 1.29 is 19.1 Å². The van der Waals surface area contributed by atoms with Crippen LogP contribution in [0.1, 0.15) is 23.7 Å². The third-order valence-corrected chi connectivity index (χ3v) is 3.73. The first-order chi connectivity index (χ1) is 12.5. The second kappa shape index (κ2) is 9.68. The summed E-state index contributed by atoms with van der Waals surface area (Å²) in [6, 6.07) is 11.7. The van der Waals surface area contributed by atoms with Crippen molar-refractivity contribution >= 4 is 29.1 Å². The summed E-state index contributed by atoms with van der Waals surface area (Å²) in [6.07, 6.45) is 0.933. The molecule has 26 heavy (non-hydrogen) atoms. The van der Waals surface area contributed by atoms with Gasteiger partial charge in [-0.2, -0.15) is 0 Å². The van der Waals surface area contributed by atoms with Gasteiger partial charge in [-0.25, -0.2) is 0 Å². The Labute approximate surface area is 157 Å². The van der Waals surface area contributed by atoms with Gasteiger partial charge in [0, 0.05) is 12.6 Å². The maximum absolute atomic E-state index is 12.1. The van der Waals surface area contributed by atoms with E-state index in [1.54, 1.807) is 36.4 Å². The van der Waals surface area contributed by atoms with Crippen molar-refractivity contribution in [2.45, 2.75) is 13.3 Å². The van der Waals surface area contributed by atoms with E-state index < -0.39 is 0 Å². The largest absolute Gasteiger partial charge is 0.494 e. The number of anilines is 1. The first kappa shape index (κ1) is 19.6. The lowest BCUT2D eigenvalue weighted by Gasteiger charge is -2.11. The predicted octanol–water partition coefficient (Wildman–Crippen LogP) is 3.51. The van der Waals surface area contributed by atoms with Crippen LogP contribution in [0.2, 0.25) is 5.02 Å². The standard InChI is InChI=1S/C19H21ClN2O4/c1-3-10-25-14-5-7-15(8-6-14)26-12-18(23)22-17-11-13(19(24)21-2)4-9-16(17)20/h4-9,11H,3,10,12H2,1-2H3,(H,21,24)(H,22,23). The molecule has 0 atom stereocenters. The Morgan fingerprint density at radius 3 is 2.31 bits per heavy atom. The van der Waals surface area contributed by atoms with Crippen LogP contribution < -0.4 is 20.1 Å². The normalized spacial score (nSPS) is 10.1. The Bertz CT molecular complexity index is 763. The van der Waals surface area contributed by atoms with Crippen LogP contribution in [0.4, 0.5) is 5.69 Å². The van der Waals surface area contributed by atoms with Crippen molar-refractivity contribution in [3.63, 3.8) is 0 Å². The molecule has 0 aliphatic heterocycles. The predicted molar refractivity (Wildman–Crippen MR) is 101 cm³/mol. The van der Waals surface area contributed by atoms with Crippen molar-refractivity contribution in [2.24, 2.45) is 0 Å². The molecular weight excluding hydrogens is 356 g/mol. The number of hydrogen-bond donors (Lipinski definition) is 2. The molecule has 0 spiro atoms. The number of ether oxygens (including phenoxy) is 2. The molecule has 7 heteroatoms. The summed E-state index contributed by atoms with van der Waals surface area (Å²) in [5, 5.41) is 5.49. The lowest BCUT2D eigenvalue weighted by molar-refractivity contribution is -0.118. The molecule has 0 aliphatic carbocycles. The lowest BCUT2D eigenvalue weighted by atomic mass is 10.2. The smallest absolute Gasteiger partial charge is 0.262 e. The van der Waals surface area contributed by atoms with Gasteiger partial charge in [-0.3, -0.25) is 9.59 Å². The van der Waals surface area contributed by atoms with Crippen LogP contribution in [0.3, 0.4) is 0 Å². The molecule has 0 heterocycles. The van der Waals surface area contributed by atoms with E-state index in [9.17, 15) is 9.59 Å². The fourth-order valence-corrected chi connectivity index (χ4v) is 2.26. The molecule has 2 N–H and O–H groups in total. The van der Waals surface area contributed by atoms with E-state index in [1.807, 2.05) is 6.92 Å². The fraction of sp³-hybridized carbons (Fsp3) is 0.263. The van der Waals surface area contributed by atoms with Crippen LogP contribution >= 0.6 is 11.6 Å². The molecule has 138 valence electrons. The highest BCUT2D eigenvalue weighted by molar-refractivity contribution is 6.33. The lowest BCUT2D eigenvalue weighted by Crippen LogP contribution is -2.21. The fourth-order valence-electron chi connectivity index (χ4n) is 2.09. The van der Waals surface area contributed by atoms with E-state index in [1.165, 1.54) is 13.1 Å². The van der Waals surface area contributed by atoms with E-state index in [2.05, 4.69) is 10.6 Å². The van der Waals surface area contributed by atoms with E-state index in [0.29, 0.717) is 28.6 Å². The molecule has 0 aliphatic rings. The quantitative estimate of drug-likeness (QED) is 0.739. The van der Waals surface area contributed by atoms with Crippen LogP contribution in [0.5, 0.6) is 11.5 Å². The van der Waals surface area contributed by atoms with Crippen molar-refractivity contribution in [2.75, 3.05) is 25.6 Å². The van der Waals surface area contributed by atoms with Crippen LogP contribution in [-0.2, 0) is 4.79 Å². The van der Waals surface area contributed by atoms with E-state index in [0.717, 1.165) is 12.2 Å². The number of carbonyl (C=O) groups is 2. The molecule has 0 saturated carbocycles. The molecule has 0 fully saturated rings. The molecule has 2 aromatic carbocycles. The number of rotatable bonds is 8. The van der Waals surface area contributed by atoms with Crippen molar-refractivity contribution in [1.29, 1.82) is 0 Å². The van der Waals surface area contributed by atoms with Crippen LogP contribution in [-0.4, -0.2) is 32.1 Å². The second-order valence-electron chi connectivity index (χ2n) is 5.43. The van der Waals surface area contributed by atoms with Gasteiger partial charge in [0.25, 0.3) is 11.8 Å². The zero-order valence-corrected chi connectivity index (χ0v) is 15.4. The SMILES string of the molecule is CCCOc1ccc(OCC(=O)Nc2cc(C(=O)NC)ccc2Cl)cc1. The number of nitrogens with one attached hydrogen (secondary N) is 2. The van der Waals surface area contributed by atoms with Gasteiger partial charge in [0.2, 0.25) is 0 Å². The number of amides is 2. The van der Waals surface area contributed by atoms with Gasteiger partial charge in [-0.15, -0.1) is 0 Å². The monoisotopic (exact) mass is 376 g/mol. The summed E-state index contributed by atoms with van der Waals surface area (Å²) in [5.41, 5.74) is 0.750. The van der Waals surface area contributed by atoms with Crippen LogP contribution in [0, 0.1) is 0 Å². The van der Waals surface area contributed by atoms with Gasteiger partial charge < -0.3 is 20.1 Å². The summed E-state index contributed by atoms with van der Waals surface area (Å²) >= 11 is 6.06. The number of benzene rings is 2. The summed E-state index contributed by atoms with van der Waals surface area (Å²) in [5.74, 6) is 0.654. The zero-order chi connectivity index (χ0) is 18.9. The van der Waals surface area contributed by atoms with Gasteiger partial charge in [-0.05, 0) is 48.9 Å². The van der Waals surface area contributed by atoms with E-state index >= 15 is 0 Å². The Balaban J connectivity index is 1.91. The topological polar surface area (TPSA) is 76.7 Å². The van der Waals surface area contributed by atoms with Crippen molar-refractivity contribution in [1.82, 2.24) is 5.32 Å². The minimum absolute atomic E-state index is 0.185. The van der Waals surface area contributed by atoms with Crippen LogP contribution in [0.15, 0.2) is 42.5 Å². The third kappa shape index (κ3) is 5.67. The zero-order valence-electron chi connectivity index (χ0n) is 14.7. The highest BCUT2D eigenvalue weighted by Gasteiger charge is 2.11. The highest BCUT2D eigenvalue weighted by Crippen LogP contribution is 2.23. The molecule has 0 bridgehead atoms. The molecular formula is C19H21ClN2O4. The molecule has 2 aromatic rings. The molecule has 0 unspecified atom stereocenters. The molecule has 2 rings (SSSR count). The van der Waals surface area contributed by atoms with Gasteiger partial charge in [0.1, 0.15) is 11.5 Å². The van der Waals surface area contributed by atoms with Crippen molar-refractivity contribution in [3.05, 3.63) is 53.1 Å². The number of carbonyl (C=O) groups excluding carboxylic acids is 2. The number of halogens is 1. The molecule has 0 radical (unpaired) electrons. The average Bonchev–Trinajstić information content (AvgIpc) is 2.66. The Kier molecular flexibility index (Phi) is 7.29. The minimum Gasteiger partial charge on any atom is -0.494 e. The molecule has 0 saturated heterocycles. The summed E-state index contributed by atoms with van der Waals surface area (Å²) in [7, 11) is 1.53. The van der Waals surface area contributed by atoms with Gasteiger partial charge >= 0.3 is 0 Å². The Hall–Kier alpha value is -2.73. The first-order valence-electron chi connectivity index (χ1n) is 8.20. The third-order valence-electron chi connectivity index (χ3n) is 3.40. The van der Waals surface area contributed by atoms with Gasteiger partial charge in [0.05, 0.1) is 17.3 Å². The summed E-state index contributed by atoms with van der Waals surface area (Å²) < 4.78 is 10.9. The van der Waals surface area contributed by atoms with Crippen LogP contribution in [0.25, 0.3) is 0 Å². The second-order valence-corrected chi connectivity index (χ2v) is 5.84. The summed E-state index contributed by atoms with van der Waals surface area (Å²) in [4.78, 5) is 23.7. The Morgan fingerprint density at radius 2 is 1.69 bits per heavy atom. The minimum atomic E-state index is -0.382. The van der Waals surface area contributed by atoms with Gasteiger partial charge in [-0.1, -0.05) is 18.5 Å². The number of hydrogen-bond acceptors (Lipinski definition) is 4. The van der Waals surface area contributed by atoms with E-state index in [-0.39, 0.29) is 18.4 Å². The van der Waals surface area contributed by atoms with E-state index in [4.69, 9.17) is 21.1 Å². The highest BCUT2D eigenvalue weighted by atomic mass is 35.5. The first-order valence-corrected chi connectivity index (χ1v) is 8.58. The Morgan fingerprint density at radius 1 is 1.04 bits per heavy atom. The molecule has 6 nitrogen and oxygen atoms in total. The summed E-state index contributed by atoms with van der Waals surface area (Å²) in [6.45, 7) is 2.50. The molecule has 0 aromatic heterocycles. The average molecular weight is 377 g/mol. The van der Waals surface area contributed by atoms with Crippen molar-refractivity contribution in [3.8, 4) is 11.5 Å². The maximum Gasteiger partial charge on any atom is 0.262 e.